The number of carbonyl (C=O) groups is 6. The van der Waals surface area contributed by atoms with Gasteiger partial charge < -0.3 is 48.5 Å². The molecule has 42 heavy (non-hydrogen) atoms. The van der Waals surface area contributed by atoms with Gasteiger partial charge in [0.15, 0.2) is 0 Å². The minimum absolute atomic E-state index is 0.0273. The first-order valence-electron chi connectivity index (χ1n) is 12.8. The summed E-state index contributed by atoms with van der Waals surface area (Å²) in [5.41, 5.74) is 17.5. The second kappa shape index (κ2) is 15.6. The summed E-state index contributed by atoms with van der Waals surface area (Å²) in [6.45, 7) is 0. The fourth-order valence-electron chi connectivity index (χ4n) is 3.83. The first-order valence-corrected chi connectivity index (χ1v) is 12.8. The molecule has 2 rings (SSSR count). The minimum Gasteiger partial charge on any atom is -0.508 e. The Hall–Kier alpha value is -5.18. The van der Waals surface area contributed by atoms with Crippen LogP contribution in [0.3, 0.4) is 0 Å². The molecule has 226 valence electrons. The van der Waals surface area contributed by atoms with E-state index >= 15 is 0 Å². The number of carboxylic acid groups (broad SMARTS) is 1. The molecule has 0 spiro atoms. The Labute approximate surface area is 240 Å². The summed E-state index contributed by atoms with van der Waals surface area (Å²) in [5, 5.41) is 35.4. The quantitative estimate of drug-likeness (QED) is 0.103. The number of phenolic OH excluding ortho intramolecular Hbond substituents is 2. The molecule has 12 N–H and O–H groups in total. The van der Waals surface area contributed by atoms with Gasteiger partial charge in [-0.2, -0.15) is 0 Å². The summed E-state index contributed by atoms with van der Waals surface area (Å²) in [7, 11) is 0. The molecule has 5 amide bonds. The van der Waals surface area contributed by atoms with Crippen LogP contribution in [-0.2, 0) is 41.6 Å². The van der Waals surface area contributed by atoms with Crippen molar-refractivity contribution in [2.45, 2.75) is 56.3 Å². The van der Waals surface area contributed by atoms with Gasteiger partial charge >= 0.3 is 5.97 Å². The standard InChI is InChI=1S/C27H34N6O9/c28-18(11-14-1-5-16(34)6-2-14)24(38)32-20(12-15-3-7-17(35)8-4-15)25(39)33-21(13-23(30)37)26(40)31-19(27(41)42)9-10-22(29)36/h1-8,18-21,34-35H,9-13,28H2,(H2,29,36)(H2,30,37)(H,31,40)(H,32,38)(H,33,39)(H,41,42). The molecule has 0 aliphatic carbocycles. The monoisotopic (exact) mass is 586 g/mol. The number of nitrogens with one attached hydrogen (secondary N) is 3. The van der Waals surface area contributed by atoms with Gasteiger partial charge in [0, 0.05) is 12.8 Å². The van der Waals surface area contributed by atoms with E-state index in [4.69, 9.17) is 17.2 Å². The average molecular weight is 587 g/mol. The Balaban J connectivity index is 2.24. The second-order valence-corrected chi connectivity index (χ2v) is 9.54. The lowest BCUT2D eigenvalue weighted by Gasteiger charge is -2.25. The molecule has 0 aromatic heterocycles. The third kappa shape index (κ3) is 11.1. The molecular formula is C27H34N6O9. The number of hydrogen-bond acceptors (Lipinski definition) is 9. The van der Waals surface area contributed by atoms with Crippen molar-refractivity contribution in [3.8, 4) is 11.5 Å². The van der Waals surface area contributed by atoms with E-state index in [0.717, 1.165) is 0 Å². The van der Waals surface area contributed by atoms with E-state index in [1.54, 1.807) is 12.1 Å². The number of primary amides is 2. The van der Waals surface area contributed by atoms with Gasteiger partial charge in [0.25, 0.3) is 0 Å². The van der Waals surface area contributed by atoms with E-state index in [2.05, 4.69) is 16.0 Å². The summed E-state index contributed by atoms with van der Waals surface area (Å²) in [4.78, 5) is 73.5. The van der Waals surface area contributed by atoms with Crippen LogP contribution in [0.2, 0.25) is 0 Å². The second-order valence-electron chi connectivity index (χ2n) is 9.54. The fourth-order valence-corrected chi connectivity index (χ4v) is 3.83. The van der Waals surface area contributed by atoms with Crippen LogP contribution in [0, 0.1) is 0 Å². The molecule has 0 radical (unpaired) electrons. The fraction of sp³-hybridized carbons (Fsp3) is 0.333. The maximum atomic E-state index is 13.3. The molecule has 0 saturated heterocycles. The number of carboxylic acids is 1. The highest BCUT2D eigenvalue weighted by Crippen LogP contribution is 2.13. The Morgan fingerprint density at radius 3 is 1.57 bits per heavy atom. The minimum atomic E-state index is -1.63. The van der Waals surface area contributed by atoms with Crippen LogP contribution in [0.1, 0.15) is 30.4 Å². The summed E-state index contributed by atoms with van der Waals surface area (Å²) in [5.74, 6) is -5.99. The molecule has 0 fully saturated rings. The van der Waals surface area contributed by atoms with E-state index in [1.807, 2.05) is 0 Å². The van der Waals surface area contributed by atoms with Gasteiger partial charge in [-0.05, 0) is 48.2 Å². The number of amides is 5. The van der Waals surface area contributed by atoms with Crippen LogP contribution >= 0.6 is 0 Å². The number of aromatic hydroxyl groups is 2. The molecule has 4 unspecified atom stereocenters. The smallest absolute Gasteiger partial charge is 0.326 e. The van der Waals surface area contributed by atoms with E-state index in [1.165, 1.54) is 36.4 Å². The summed E-state index contributed by atoms with van der Waals surface area (Å²) < 4.78 is 0. The predicted octanol–water partition coefficient (Wildman–Crippen LogP) is -2.11. The lowest BCUT2D eigenvalue weighted by Crippen LogP contribution is -2.58. The number of carbonyl (C=O) groups excluding carboxylic acids is 5. The van der Waals surface area contributed by atoms with Crippen LogP contribution in [0.5, 0.6) is 11.5 Å². The largest absolute Gasteiger partial charge is 0.508 e. The number of phenols is 2. The van der Waals surface area contributed by atoms with Crippen molar-refractivity contribution in [3.05, 3.63) is 59.7 Å². The number of nitrogens with two attached hydrogens (primary N) is 3. The molecule has 4 atom stereocenters. The van der Waals surface area contributed by atoms with Crippen molar-refractivity contribution in [1.82, 2.24) is 16.0 Å². The van der Waals surface area contributed by atoms with Crippen LogP contribution in [0.15, 0.2) is 48.5 Å². The number of benzene rings is 2. The number of aliphatic carboxylic acids is 1. The third-order valence-electron chi connectivity index (χ3n) is 6.07. The van der Waals surface area contributed by atoms with E-state index in [9.17, 15) is 44.1 Å². The van der Waals surface area contributed by atoms with Gasteiger partial charge in [-0.25, -0.2) is 4.79 Å². The number of rotatable bonds is 16. The van der Waals surface area contributed by atoms with Crippen LogP contribution in [0.4, 0.5) is 0 Å². The van der Waals surface area contributed by atoms with E-state index < -0.39 is 66.1 Å². The predicted molar refractivity (Wildman–Crippen MR) is 147 cm³/mol. The van der Waals surface area contributed by atoms with Gasteiger partial charge in [0.05, 0.1) is 12.5 Å². The Morgan fingerprint density at radius 2 is 1.10 bits per heavy atom. The molecule has 15 heteroatoms. The zero-order valence-electron chi connectivity index (χ0n) is 22.5. The molecule has 0 bridgehead atoms. The van der Waals surface area contributed by atoms with Crippen LogP contribution in [0.25, 0.3) is 0 Å². The third-order valence-corrected chi connectivity index (χ3v) is 6.07. The Kier molecular flexibility index (Phi) is 12.2. The average Bonchev–Trinajstić information content (AvgIpc) is 2.91. The molecule has 15 nitrogen and oxygen atoms in total. The van der Waals surface area contributed by atoms with Gasteiger partial charge in [-0.3, -0.25) is 24.0 Å². The topological polar surface area (TPSA) is 277 Å². The molecule has 2 aromatic rings. The maximum Gasteiger partial charge on any atom is 0.326 e. The van der Waals surface area contributed by atoms with Crippen molar-refractivity contribution in [3.63, 3.8) is 0 Å². The van der Waals surface area contributed by atoms with Gasteiger partial charge in [0.1, 0.15) is 29.6 Å². The molecule has 2 aromatic carbocycles. The highest BCUT2D eigenvalue weighted by molar-refractivity contribution is 5.96. The molecule has 0 saturated carbocycles. The Bertz CT molecular complexity index is 1280. The molecule has 0 aliphatic rings. The van der Waals surface area contributed by atoms with Crippen molar-refractivity contribution in [2.75, 3.05) is 0 Å². The van der Waals surface area contributed by atoms with E-state index in [0.29, 0.717) is 11.1 Å². The normalized spacial score (nSPS) is 13.5. The number of hydrogen-bond donors (Lipinski definition) is 9. The van der Waals surface area contributed by atoms with Gasteiger partial charge in [0.2, 0.25) is 29.5 Å². The molecule has 0 aliphatic heterocycles. The van der Waals surface area contributed by atoms with Crippen LogP contribution < -0.4 is 33.2 Å². The van der Waals surface area contributed by atoms with Crippen molar-refractivity contribution in [1.29, 1.82) is 0 Å². The lowest BCUT2D eigenvalue weighted by molar-refractivity contribution is -0.142. The summed E-state index contributed by atoms with van der Waals surface area (Å²) >= 11 is 0. The SMILES string of the molecule is NC(=O)CCC(NC(=O)C(CC(N)=O)NC(=O)C(Cc1ccc(O)cc1)NC(=O)C(N)Cc1ccc(O)cc1)C(=O)O. The first-order chi connectivity index (χ1) is 19.7. The molecular weight excluding hydrogens is 552 g/mol. The maximum absolute atomic E-state index is 13.3. The zero-order valence-corrected chi connectivity index (χ0v) is 22.5. The van der Waals surface area contributed by atoms with Crippen molar-refractivity contribution < 1.29 is 44.1 Å². The highest BCUT2D eigenvalue weighted by Gasteiger charge is 2.31. The zero-order chi connectivity index (χ0) is 31.4. The summed E-state index contributed by atoms with van der Waals surface area (Å²) in [6, 6.07) is 6.10. The van der Waals surface area contributed by atoms with Crippen LogP contribution in [-0.4, -0.2) is 75.0 Å². The lowest BCUT2D eigenvalue weighted by atomic mass is 10.0. The molecule has 0 heterocycles. The highest BCUT2D eigenvalue weighted by atomic mass is 16.4. The first kappa shape index (κ1) is 33.0. The van der Waals surface area contributed by atoms with Crippen molar-refractivity contribution >= 4 is 35.5 Å². The van der Waals surface area contributed by atoms with Crippen molar-refractivity contribution in [2.24, 2.45) is 17.2 Å². The Morgan fingerprint density at radius 1 is 0.643 bits per heavy atom. The summed E-state index contributed by atoms with van der Waals surface area (Å²) in [6.07, 6.45) is -1.46. The van der Waals surface area contributed by atoms with E-state index in [-0.39, 0.29) is 37.2 Å². The van der Waals surface area contributed by atoms with Gasteiger partial charge in [-0.1, -0.05) is 24.3 Å². The van der Waals surface area contributed by atoms with Gasteiger partial charge in [-0.15, -0.1) is 0 Å².